The predicted octanol–water partition coefficient (Wildman–Crippen LogP) is 1.80. The van der Waals surface area contributed by atoms with Gasteiger partial charge in [0.25, 0.3) is 5.56 Å². The van der Waals surface area contributed by atoms with Gasteiger partial charge in [-0.05, 0) is 12.8 Å². The second-order valence-corrected chi connectivity index (χ2v) is 7.00. The van der Waals surface area contributed by atoms with E-state index in [2.05, 4.69) is 39.2 Å². The van der Waals surface area contributed by atoms with Crippen LogP contribution in [0.4, 0.5) is 0 Å². The highest BCUT2D eigenvalue weighted by molar-refractivity contribution is 5.39. The summed E-state index contributed by atoms with van der Waals surface area (Å²) in [5.74, 6) is 1.03. The molecule has 1 atom stereocenters. The Morgan fingerprint density at radius 3 is 2.67 bits per heavy atom. The van der Waals surface area contributed by atoms with Gasteiger partial charge in [0.1, 0.15) is 5.82 Å². The summed E-state index contributed by atoms with van der Waals surface area (Å²) < 4.78 is 6.50. The van der Waals surface area contributed by atoms with Gasteiger partial charge in [-0.15, -0.1) is 0 Å². The maximum absolute atomic E-state index is 12.4. The van der Waals surface area contributed by atoms with Crippen molar-refractivity contribution in [2.75, 3.05) is 13.7 Å². The van der Waals surface area contributed by atoms with Crippen molar-refractivity contribution >= 4 is 5.65 Å². The molecule has 8 nitrogen and oxygen atoms in total. The van der Waals surface area contributed by atoms with Gasteiger partial charge in [0.15, 0.2) is 5.65 Å². The van der Waals surface area contributed by atoms with Crippen LogP contribution in [0.25, 0.3) is 5.65 Å². The van der Waals surface area contributed by atoms with E-state index in [0.29, 0.717) is 25.2 Å². The minimum Gasteiger partial charge on any atom is -0.384 e. The molecule has 3 rings (SSSR count). The molecule has 0 fully saturated rings. The van der Waals surface area contributed by atoms with Gasteiger partial charge in [0.2, 0.25) is 0 Å². The third-order valence-electron chi connectivity index (χ3n) is 4.40. The van der Waals surface area contributed by atoms with Crippen LogP contribution in [0.1, 0.15) is 42.7 Å². The number of fused-ring (bicyclic) bond motifs is 1. The van der Waals surface area contributed by atoms with Crippen LogP contribution in [0.5, 0.6) is 0 Å². The lowest BCUT2D eigenvalue weighted by Crippen LogP contribution is -2.28. The maximum Gasteiger partial charge on any atom is 0.272 e. The van der Waals surface area contributed by atoms with E-state index in [4.69, 9.17) is 4.74 Å². The highest BCUT2D eigenvalue weighted by Crippen LogP contribution is 2.20. The van der Waals surface area contributed by atoms with E-state index in [0.717, 1.165) is 22.8 Å². The van der Waals surface area contributed by atoms with Crippen LogP contribution >= 0.6 is 0 Å². The van der Waals surface area contributed by atoms with E-state index in [1.807, 2.05) is 25.4 Å². The summed E-state index contributed by atoms with van der Waals surface area (Å²) in [4.78, 5) is 25.8. The van der Waals surface area contributed by atoms with Crippen LogP contribution in [0, 0.1) is 12.8 Å². The Hall–Kier alpha value is -2.58. The molecular weight excluding hydrogens is 344 g/mol. The van der Waals surface area contributed by atoms with Crippen molar-refractivity contribution in [2.45, 2.75) is 39.8 Å². The Bertz CT molecular complexity index is 945. The van der Waals surface area contributed by atoms with E-state index in [1.54, 1.807) is 13.2 Å². The Morgan fingerprint density at radius 1 is 1.26 bits per heavy atom. The zero-order valence-corrected chi connectivity index (χ0v) is 16.2. The summed E-state index contributed by atoms with van der Waals surface area (Å²) >= 11 is 0. The molecule has 3 aromatic rings. The Morgan fingerprint density at radius 2 is 2.00 bits per heavy atom. The van der Waals surface area contributed by atoms with Crippen LogP contribution < -0.4 is 10.9 Å². The fourth-order valence-corrected chi connectivity index (χ4v) is 2.99. The fraction of sp³-hybridized carbons (Fsp3) is 0.474. The number of hydrogen-bond acceptors (Lipinski definition) is 6. The molecular formula is C19H26N6O2. The summed E-state index contributed by atoms with van der Waals surface area (Å²) in [5, 5.41) is 6.48. The molecule has 0 bridgehead atoms. The topological polar surface area (TPSA) is 97.2 Å². The smallest absolute Gasteiger partial charge is 0.272 e. The van der Waals surface area contributed by atoms with Crippen molar-refractivity contribution in [1.29, 1.82) is 0 Å². The van der Waals surface area contributed by atoms with Crippen molar-refractivity contribution in [1.82, 2.24) is 29.9 Å². The molecule has 144 valence electrons. The lowest BCUT2D eigenvalue weighted by atomic mass is 10.0. The molecule has 8 heteroatoms. The van der Waals surface area contributed by atoms with Crippen molar-refractivity contribution in [2.24, 2.45) is 5.92 Å². The first-order chi connectivity index (χ1) is 13.0. The number of nitrogens with one attached hydrogen (secondary N) is 2. The lowest BCUT2D eigenvalue weighted by molar-refractivity contribution is 0.200. The summed E-state index contributed by atoms with van der Waals surface area (Å²) in [6.07, 6.45) is 4.34. The molecule has 0 aromatic carbocycles. The van der Waals surface area contributed by atoms with Gasteiger partial charge < -0.3 is 10.1 Å². The van der Waals surface area contributed by atoms with Crippen molar-refractivity contribution in [3.05, 3.63) is 57.7 Å². The van der Waals surface area contributed by atoms with Gasteiger partial charge in [-0.3, -0.25) is 9.89 Å². The summed E-state index contributed by atoms with van der Waals surface area (Å²) in [6, 6.07) is 3.41. The first-order valence-electron chi connectivity index (χ1n) is 9.09. The fourth-order valence-electron chi connectivity index (χ4n) is 2.99. The second kappa shape index (κ2) is 8.41. The first-order valence-corrected chi connectivity index (χ1v) is 9.09. The summed E-state index contributed by atoms with van der Waals surface area (Å²) in [7, 11) is 1.66. The number of H-pyrrole nitrogens is 1. The number of methoxy groups -OCH3 is 1. The van der Waals surface area contributed by atoms with Crippen molar-refractivity contribution < 1.29 is 4.74 Å². The van der Waals surface area contributed by atoms with Crippen molar-refractivity contribution in [3.63, 3.8) is 0 Å². The molecule has 0 aliphatic carbocycles. The third-order valence-corrected chi connectivity index (χ3v) is 4.40. The minimum absolute atomic E-state index is 0.0499. The molecule has 1 unspecified atom stereocenters. The van der Waals surface area contributed by atoms with Gasteiger partial charge in [0, 0.05) is 55.9 Å². The van der Waals surface area contributed by atoms with Gasteiger partial charge >= 0.3 is 0 Å². The monoisotopic (exact) mass is 370 g/mol. The number of rotatable bonds is 8. The normalized spacial score (nSPS) is 12.8. The summed E-state index contributed by atoms with van der Waals surface area (Å²) in [5.41, 5.74) is 3.15. The van der Waals surface area contributed by atoms with Crippen LogP contribution in [0.2, 0.25) is 0 Å². The number of hydrogen-bond donors (Lipinski definition) is 2. The Labute approximate surface area is 158 Å². The standard InChI is InChI=1S/C19H26N6O2/c1-12(2)19(15-8-18(26)25-17(23-15)7-13(3)24-25)22-11-14-9-20-16(21-10-14)5-6-27-4/h7-10,12,19,22,24H,5-6,11H2,1-4H3. The van der Waals surface area contributed by atoms with Crippen LogP contribution in [-0.4, -0.2) is 38.3 Å². The molecule has 0 amide bonds. The van der Waals surface area contributed by atoms with E-state index in [-0.39, 0.29) is 17.5 Å². The second-order valence-electron chi connectivity index (χ2n) is 7.00. The molecule has 2 N–H and O–H groups in total. The van der Waals surface area contributed by atoms with Crippen LogP contribution in [0.3, 0.4) is 0 Å². The molecule has 0 aliphatic heterocycles. The highest BCUT2D eigenvalue weighted by Gasteiger charge is 2.19. The van der Waals surface area contributed by atoms with E-state index >= 15 is 0 Å². The number of aryl methyl sites for hydroxylation is 1. The lowest BCUT2D eigenvalue weighted by Gasteiger charge is -2.22. The van der Waals surface area contributed by atoms with Gasteiger partial charge in [-0.2, -0.15) is 0 Å². The number of aromatic nitrogens is 5. The molecule has 27 heavy (non-hydrogen) atoms. The minimum atomic E-state index is -0.110. The van der Waals surface area contributed by atoms with Gasteiger partial charge in [-0.25, -0.2) is 19.5 Å². The highest BCUT2D eigenvalue weighted by atomic mass is 16.5. The quantitative estimate of drug-likeness (QED) is 0.627. The zero-order chi connectivity index (χ0) is 19.4. The average Bonchev–Trinajstić information content (AvgIpc) is 3.02. The first kappa shape index (κ1) is 19.2. The number of aromatic amines is 1. The van der Waals surface area contributed by atoms with Crippen molar-refractivity contribution in [3.8, 4) is 0 Å². The summed E-state index contributed by atoms with van der Waals surface area (Å²) in [6.45, 7) is 7.32. The van der Waals surface area contributed by atoms with E-state index in [1.165, 1.54) is 4.52 Å². The SMILES string of the molecule is COCCc1ncc(CNC(c2cc(=O)n3[nH]c(C)cc3n2)C(C)C)cn1. The molecule has 0 saturated heterocycles. The van der Waals surface area contributed by atoms with Crippen LogP contribution in [-0.2, 0) is 17.7 Å². The van der Waals surface area contributed by atoms with Gasteiger partial charge in [-0.1, -0.05) is 13.8 Å². The van der Waals surface area contributed by atoms with E-state index in [9.17, 15) is 4.79 Å². The number of nitrogens with zero attached hydrogens (tertiary/aromatic N) is 4. The molecule has 0 spiro atoms. The largest absolute Gasteiger partial charge is 0.384 e. The zero-order valence-electron chi connectivity index (χ0n) is 16.2. The number of ether oxygens (including phenoxy) is 1. The van der Waals surface area contributed by atoms with E-state index < -0.39 is 0 Å². The molecule has 0 radical (unpaired) electrons. The maximum atomic E-state index is 12.4. The predicted molar refractivity (Wildman–Crippen MR) is 103 cm³/mol. The Balaban J connectivity index is 1.75. The molecule has 0 saturated carbocycles. The third kappa shape index (κ3) is 4.58. The Kier molecular flexibility index (Phi) is 5.98. The average molecular weight is 370 g/mol. The molecule has 0 aliphatic rings. The van der Waals surface area contributed by atoms with Gasteiger partial charge in [0.05, 0.1) is 18.3 Å². The molecule has 3 heterocycles. The van der Waals surface area contributed by atoms with Crippen LogP contribution in [0.15, 0.2) is 29.3 Å². The molecule has 3 aromatic heterocycles.